The van der Waals surface area contributed by atoms with Gasteiger partial charge in [0.1, 0.15) is 5.75 Å². The van der Waals surface area contributed by atoms with Gasteiger partial charge in [0.2, 0.25) is 0 Å². The Morgan fingerprint density at radius 3 is 2.53 bits per heavy atom. The molecule has 0 heterocycles. The third-order valence-corrected chi connectivity index (χ3v) is 2.58. The molecule has 0 fully saturated rings. The Labute approximate surface area is 91.0 Å². The number of hydrogen-bond acceptors (Lipinski definition) is 3. The van der Waals surface area contributed by atoms with E-state index < -0.39 is 0 Å². The summed E-state index contributed by atoms with van der Waals surface area (Å²) in [6.07, 6.45) is 0. The van der Waals surface area contributed by atoms with E-state index in [1.54, 1.807) is 7.11 Å². The lowest BCUT2D eigenvalue weighted by Crippen LogP contribution is -2.11. The highest BCUT2D eigenvalue weighted by atomic mass is 16.5. The summed E-state index contributed by atoms with van der Waals surface area (Å²) in [6, 6.07) is 4.14. The van der Waals surface area contributed by atoms with Gasteiger partial charge in [-0.15, -0.1) is 0 Å². The van der Waals surface area contributed by atoms with Gasteiger partial charge in [-0.25, -0.2) is 5.48 Å². The first-order valence-corrected chi connectivity index (χ1v) is 5.15. The third kappa shape index (κ3) is 2.49. The van der Waals surface area contributed by atoms with E-state index in [2.05, 4.69) is 31.5 Å². The van der Waals surface area contributed by atoms with Gasteiger partial charge in [-0.05, 0) is 24.0 Å². The highest BCUT2D eigenvalue weighted by Gasteiger charge is 2.13. The zero-order valence-corrected chi connectivity index (χ0v) is 9.79. The summed E-state index contributed by atoms with van der Waals surface area (Å²) in [5, 5.41) is 8.83. The van der Waals surface area contributed by atoms with Gasteiger partial charge in [0, 0.05) is 12.1 Å². The molecular weight excluding hydrogens is 190 g/mol. The molecule has 3 heteroatoms. The fourth-order valence-electron chi connectivity index (χ4n) is 1.85. The lowest BCUT2D eigenvalue weighted by Gasteiger charge is -2.17. The van der Waals surface area contributed by atoms with Crippen molar-refractivity contribution in [3.8, 4) is 5.75 Å². The highest BCUT2D eigenvalue weighted by molar-refractivity contribution is 5.47. The number of hydroxylamine groups is 1. The third-order valence-electron chi connectivity index (χ3n) is 2.58. The van der Waals surface area contributed by atoms with Crippen LogP contribution in [0, 0.1) is 6.92 Å². The summed E-state index contributed by atoms with van der Waals surface area (Å²) >= 11 is 0. The maximum atomic E-state index is 8.83. The Hall–Kier alpha value is -1.06. The Balaban J connectivity index is 3.28. The molecular formula is C12H19NO2. The molecule has 3 nitrogen and oxygen atoms in total. The van der Waals surface area contributed by atoms with Gasteiger partial charge in [-0.2, -0.15) is 0 Å². The van der Waals surface area contributed by atoms with Crippen molar-refractivity contribution in [3.63, 3.8) is 0 Å². The first-order chi connectivity index (χ1) is 7.11. The summed E-state index contributed by atoms with van der Waals surface area (Å²) in [5.41, 5.74) is 5.54. The van der Waals surface area contributed by atoms with E-state index in [0.717, 1.165) is 16.9 Å². The number of rotatable bonds is 4. The Kier molecular flexibility index (Phi) is 4.12. The molecule has 0 aromatic heterocycles. The smallest absolute Gasteiger partial charge is 0.126 e. The van der Waals surface area contributed by atoms with Crippen LogP contribution in [0.5, 0.6) is 5.75 Å². The Morgan fingerprint density at radius 1 is 1.40 bits per heavy atom. The van der Waals surface area contributed by atoms with Crippen LogP contribution in [0.25, 0.3) is 0 Å². The van der Waals surface area contributed by atoms with Crippen molar-refractivity contribution in [2.24, 2.45) is 0 Å². The van der Waals surface area contributed by atoms with Crippen molar-refractivity contribution < 1.29 is 9.94 Å². The van der Waals surface area contributed by atoms with Gasteiger partial charge >= 0.3 is 0 Å². The van der Waals surface area contributed by atoms with Crippen LogP contribution in [0.3, 0.4) is 0 Å². The average Bonchev–Trinajstić information content (AvgIpc) is 2.18. The second-order valence-electron chi connectivity index (χ2n) is 3.97. The predicted octanol–water partition coefficient (Wildman–Crippen LogP) is 2.61. The van der Waals surface area contributed by atoms with Crippen LogP contribution in [0.1, 0.15) is 36.5 Å². The predicted molar refractivity (Wildman–Crippen MR) is 60.4 cm³/mol. The minimum absolute atomic E-state index is 0.415. The number of hydrogen-bond donors (Lipinski definition) is 2. The zero-order chi connectivity index (χ0) is 11.4. The first kappa shape index (κ1) is 12.0. The molecule has 0 unspecified atom stereocenters. The van der Waals surface area contributed by atoms with Crippen molar-refractivity contribution in [1.82, 2.24) is 5.48 Å². The number of nitrogens with one attached hydrogen (secondary N) is 1. The second kappa shape index (κ2) is 5.14. The van der Waals surface area contributed by atoms with Crippen molar-refractivity contribution in [2.75, 3.05) is 7.11 Å². The average molecular weight is 209 g/mol. The molecule has 0 aliphatic carbocycles. The van der Waals surface area contributed by atoms with E-state index in [1.807, 2.05) is 6.92 Å². The van der Waals surface area contributed by atoms with Crippen LogP contribution in [0.4, 0.5) is 0 Å². The molecule has 1 aromatic rings. The Morgan fingerprint density at radius 2 is 2.07 bits per heavy atom. The van der Waals surface area contributed by atoms with Gasteiger partial charge in [-0.3, -0.25) is 0 Å². The largest absolute Gasteiger partial charge is 0.496 e. The molecule has 0 radical (unpaired) electrons. The molecule has 0 aliphatic heterocycles. The lowest BCUT2D eigenvalue weighted by molar-refractivity contribution is 0.159. The zero-order valence-electron chi connectivity index (χ0n) is 9.79. The lowest BCUT2D eigenvalue weighted by atomic mass is 9.94. The molecule has 0 spiro atoms. The number of aryl methyl sites for hydroxylation is 1. The molecule has 15 heavy (non-hydrogen) atoms. The van der Waals surface area contributed by atoms with E-state index in [9.17, 15) is 0 Å². The van der Waals surface area contributed by atoms with E-state index in [4.69, 9.17) is 9.94 Å². The van der Waals surface area contributed by atoms with Crippen LogP contribution >= 0.6 is 0 Å². The van der Waals surface area contributed by atoms with E-state index in [-0.39, 0.29) is 0 Å². The summed E-state index contributed by atoms with van der Waals surface area (Å²) in [6.45, 7) is 6.68. The Bertz CT molecular complexity index is 335. The minimum atomic E-state index is 0.415. The molecule has 2 N–H and O–H groups in total. The highest BCUT2D eigenvalue weighted by Crippen LogP contribution is 2.30. The molecule has 84 valence electrons. The maximum Gasteiger partial charge on any atom is 0.126 e. The fraction of sp³-hybridized carbons (Fsp3) is 0.500. The topological polar surface area (TPSA) is 41.5 Å². The van der Waals surface area contributed by atoms with Crippen molar-refractivity contribution in [3.05, 3.63) is 28.8 Å². The first-order valence-electron chi connectivity index (χ1n) is 5.15. The summed E-state index contributed by atoms with van der Waals surface area (Å²) in [7, 11) is 1.66. The van der Waals surface area contributed by atoms with Crippen LogP contribution in [0.15, 0.2) is 12.1 Å². The van der Waals surface area contributed by atoms with Crippen molar-refractivity contribution >= 4 is 0 Å². The molecule has 0 saturated heterocycles. The number of benzene rings is 1. The van der Waals surface area contributed by atoms with Crippen molar-refractivity contribution in [1.29, 1.82) is 0 Å². The molecule has 1 aromatic carbocycles. The molecule has 0 saturated carbocycles. The molecule has 0 atom stereocenters. The van der Waals surface area contributed by atoms with E-state index >= 15 is 0 Å². The summed E-state index contributed by atoms with van der Waals surface area (Å²) < 4.78 is 5.37. The van der Waals surface area contributed by atoms with Gasteiger partial charge in [0.25, 0.3) is 0 Å². The minimum Gasteiger partial charge on any atom is -0.496 e. The van der Waals surface area contributed by atoms with Crippen LogP contribution in [0.2, 0.25) is 0 Å². The summed E-state index contributed by atoms with van der Waals surface area (Å²) in [5.74, 6) is 1.28. The standard InChI is InChI=1S/C12H19NO2/c1-8(2)10-6-5-9(3)12(15-4)11(10)7-13-14/h5-6,8,13-14H,7H2,1-4H3. The number of methoxy groups -OCH3 is 1. The fourth-order valence-corrected chi connectivity index (χ4v) is 1.85. The number of ether oxygens (including phenoxy) is 1. The van der Waals surface area contributed by atoms with Gasteiger partial charge in [-0.1, -0.05) is 26.0 Å². The molecule has 0 aliphatic rings. The molecule has 0 amide bonds. The van der Waals surface area contributed by atoms with Crippen LogP contribution in [-0.4, -0.2) is 12.3 Å². The van der Waals surface area contributed by atoms with Crippen molar-refractivity contribution in [2.45, 2.75) is 33.2 Å². The maximum absolute atomic E-state index is 8.83. The quantitative estimate of drug-likeness (QED) is 0.749. The van der Waals surface area contributed by atoms with E-state index in [1.165, 1.54) is 5.56 Å². The monoisotopic (exact) mass is 209 g/mol. The van der Waals surface area contributed by atoms with Gasteiger partial charge < -0.3 is 9.94 Å². The van der Waals surface area contributed by atoms with Crippen LogP contribution < -0.4 is 10.2 Å². The van der Waals surface area contributed by atoms with Crippen LogP contribution in [-0.2, 0) is 6.54 Å². The second-order valence-corrected chi connectivity index (χ2v) is 3.97. The SMILES string of the molecule is COc1c(C)ccc(C(C)C)c1CNO. The van der Waals surface area contributed by atoms with Gasteiger partial charge in [0.05, 0.1) is 7.11 Å². The molecule has 1 rings (SSSR count). The normalized spacial score (nSPS) is 10.8. The van der Waals surface area contributed by atoms with Gasteiger partial charge in [0.15, 0.2) is 0 Å². The molecule has 0 bridgehead atoms. The van der Waals surface area contributed by atoms with E-state index in [0.29, 0.717) is 12.5 Å². The summed E-state index contributed by atoms with van der Waals surface area (Å²) in [4.78, 5) is 0.